The van der Waals surface area contributed by atoms with Crippen LogP contribution >= 0.6 is 0 Å². The van der Waals surface area contributed by atoms with Gasteiger partial charge in [-0.3, -0.25) is 4.98 Å². The number of carboxylic acids is 1. The summed E-state index contributed by atoms with van der Waals surface area (Å²) >= 11 is 0. The first-order valence-electron chi connectivity index (χ1n) is 6.45. The van der Waals surface area contributed by atoms with E-state index in [-0.39, 0.29) is 0 Å². The molecule has 0 radical (unpaired) electrons. The molecule has 0 aliphatic carbocycles. The van der Waals surface area contributed by atoms with Crippen LogP contribution in [0.3, 0.4) is 0 Å². The zero-order valence-corrected chi connectivity index (χ0v) is 10.9. The average molecular weight is 259 g/mol. The molecule has 4 heteroatoms. The predicted octanol–water partition coefficient (Wildman–Crippen LogP) is 3.26. The summed E-state index contributed by atoms with van der Waals surface area (Å²) in [4.78, 5) is 15.4. The second-order valence-electron chi connectivity index (χ2n) is 4.45. The molecule has 1 aromatic heterocycles. The highest BCUT2D eigenvalue weighted by molar-refractivity contribution is 5.79. The third kappa shape index (κ3) is 3.44. The molecule has 0 aliphatic heterocycles. The highest BCUT2D eigenvalue weighted by Gasteiger charge is 2.18. The van der Waals surface area contributed by atoms with Crippen LogP contribution in [0.2, 0.25) is 0 Å². The summed E-state index contributed by atoms with van der Waals surface area (Å²) in [5.41, 5.74) is 0.871. The molecule has 0 fully saturated rings. The summed E-state index contributed by atoms with van der Waals surface area (Å²) in [6, 6.07) is 9.49. The van der Waals surface area contributed by atoms with Gasteiger partial charge in [-0.2, -0.15) is 0 Å². The van der Waals surface area contributed by atoms with Gasteiger partial charge in [0.1, 0.15) is 5.75 Å². The molecule has 1 unspecified atom stereocenters. The summed E-state index contributed by atoms with van der Waals surface area (Å²) in [5.74, 6) is -0.427. The average Bonchev–Trinajstić information content (AvgIpc) is 2.43. The maximum atomic E-state index is 11.1. The van der Waals surface area contributed by atoms with Crippen molar-refractivity contribution in [3.05, 3.63) is 36.5 Å². The van der Waals surface area contributed by atoms with Crippen molar-refractivity contribution in [3.63, 3.8) is 0 Å². The van der Waals surface area contributed by atoms with Crippen LogP contribution < -0.4 is 4.74 Å². The minimum Gasteiger partial charge on any atom is -0.479 e. The number of hydrogen-bond acceptors (Lipinski definition) is 3. The number of pyridine rings is 1. The number of carbonyl (C=O) groups is 1. The minimum atomic E-state index is -0.929. The molecule has 100 valence electrons. The lowest BCUT2D eigenvalue weighted by Crippen LogP contribution is -2.26. The molecule has 1 N–H and O–H groups in total. The molecule has 0 spiro atoms. The second-order valence-corrected chi connectivity index (χ2v) is 4.45. The zero-order valence-electron chi connectivity index (χ0n) is 10.9. The van der Waals surface area contributed by atoms with Crippen LogP contribution in [0, 0.1) is 0 Å². The maximum Gasteiger partial charge on any atom is 0.344 e. The highest BCUT2D eigenvalue weighted by Crippen LogP contribution is 2.20. The van der Waals surface area contributed by atoms with Crippen molar-refractivity contribution in [1.29, 1.82) is 0 Å². The van der Waals surface area contributed by atoms with Gasteiger partial charge in [0.05, 0.1) is 11.7 Å². The van der Waals surface area contributed by atoms with Crippen LogP contribution in [0.15, 0.2) is 36.5 Å². The molecule has 2 aromatic rings. The first-order chi connectivity index (χ1) is 9.20. The Morgan fingerprint density at radius 1 is 1.42 bits per heavy atom. The van der Waals surface area contributed by atoms with E-state index >= 15 is 0 Å². The van der Waals surface area contributed by atoms with E-state index in [0.29, 0.717) is 12.2 Å². The summed E-state index contributed by atoms with van der Waals surface area (Å²) in [5, 5.41) is 10.1. The van der Waals surface area contributed by atoms with Crippen molar-refractivity contribution < 1.29 is 14.6 Å². The van der Waals surface area contributed by atoms with E-state index < -0.39 is 12.1 Å². The topological polar surface area (TPSA) is 59.4 Å². The summed E-state index contributed by atoms with van der Waals surface area (Å²) < 4.78 is 5.52. The number of rotatable bonds is 6. The molecule has 1 atom stereocenters. The fraction of sp³-hybridized carbons (Fsp3) is 0.333. The summed E-state index contributed by atoms with van der Waals surface area (Å²) in [7, 11) is 0. The zero-order chi connectivity index (χ0) is 13.7. The fourth-order valence-corrected chi connectivity index (χ4v) is 1.90. The third-order valence-corrected chi connectivity index (χ3v) is 2.94. The Hall–Kier alpha value is -2.10. The van der Waals surface area contributed by atoms with Gasteiger partial charge in [0, 0.05) is 5.39 Å². The van der Waals surface area contributed by atoms with Crippen molar-refractivity contribution in [2.75, 3.05) is 0 Å². The molecule has 4 nitrogen and oxygen atoms in total. The molecule has 0 saturated heterocycles. The van der Waals surface area contributed by atoms with E-state index in [9.17, 15) is 4.79 Å². The molecule has 0 saturated carbocycles. The van der Waals surface area contributed by atoms with E-state index in [4.69, 9.17) is 9.84 Å². The van der Waals surface area contributed by atoms with Gasteiger partial charge in [0.25, 0.3) is 0 Å². The highest BCUT2D eigenvalue weighted by atomic mass is 16.5. The van der Waals surface area contributed by atoms with Crippen LogP contribution in [0.4, 0.5) is 0 Å². The largest absolute Gasteiger partial charge is 0.479 e. The number of aliphatic carboxylic acids is 1. The minimum absolute atomic E-state index is 0.502. The molecule has 0 bridgehead atoms. The number of unbranched alkanes of at least 4 members (excludes halogenated alkanes) is 1. The Kier molecular flexibility index (Phi) is 4.34. The van der Waals surface area contributed by atoms with Crippen LogP contribution in [0.1, 0.15) is 26.2 Å². The van der Waals surface area contributed by atoms with Crippen molar-refractivity contribution in [1.82, 2.24) is 4.98 Å². The summed E-state index contributed by atoms with van der Waals surface area (Å²) in [6.45, 7) is 2.02. The number of fused-ring (bicyclic) bond motifs is 1. The molecule has 0 aliphatic rings. The Bertz CT molecular complexity index is 568. The number of ether oxygens (including phenoxy) is 1. The van der Waals surface area contributed by atoms with E-state index in [2.05, 4.69) is 4.98 Å². The lowest BCUT2D eigenvalue weighted by Gasteiger charge is -2.14. The van der Waals surface area contributed by atoms with Crippen molar-refractivity contribution in [3.8, 4) is 5.75 Å². The second kappa shape index (κ2) is 6.18. The van der Waals surface area contributed by atoms with E-state index in [1.54, 1.807) is 6.20 Å². The fourth-order valence-electron chi connectivity index (χ4n) is 1.90. The van der Waals surface area contributed by atoms with Crippen molar-refractivity contribution >= 4 is 16.9 Å². The summed E-state index contributed by atoms with van der Waals surface area (Å²) in [6.07, 6.45) is 3.06. The van der Waals surface area contributed by atoms with Gasteiger partial charge in [-0.05, 0) is 25.0 Å². The third-order valence-electron chi connectivity index (χ3n) is 2.94. The molecule has 19 heavy (non-hydrogen) atoms. The maximum absolute atomic E-state index is 11.1. The van der Waals surface area contributed by atoms with E-state index in [0.717, 1.165) is 23.7 Å². The van der Waals surface area contributed by atoms with Gasteiger partial charge in [-0.25, -0.2) is 4.79 Å². The smallest absolute Gasteiger partial charge is 0.344 e. The molecule has 0 amide bonds. The predicted molar refractivity (Wildman–Crippen MR) is 73.3 cm³/mol. The van der Waals surface area contributed by atoms with Gasteiger partial charge >= 0.3 is 5.97 Å². The van der Waals surface area contributed by atoms with Crippen LogP contribution in [-0.2, 0) is 4.79 Å². The first kappa shape index (κ1) is 13.3. The van der Waals surface area contributed by atoms with Gasteiger partial charge < -0.3 is 9.84 Å². The number of hydrogen-bond donors (Lipinski definition) is 1. The Labute approximate surface area is 112 Å². The number of benzene rings is 1. The Morgan fingerprint density at radius 3 is 2.95 bits per heavy atom. The van der Waals surface area contributed by atoms with E-state index in [1.165, 1.54) is 0 Å². The normalized spacial score (nSPS) is 12.3. The lowest BCUT2D eigenvalue weighted by atomic mass is 10.1. The Morgan fingerprint density at radius 2 is 2.21 bits per heavy atom. The van der Waals surface area contributed by atoms with Gasteiger partial charge in [0.15, 0.2) is 6.10 Å². The molecular weight excluding hydrogens is 242 g/mol. The SMILES string of the molecule is CCCCC(Oc1cnc2ccccc2c1)C(=O)O. The van der Waals surface area contributed by atoms with Crippen molar-refractivity contribution in [2.24, 2.45) is 0 Å². The molecule has 1 heterocycles. The number of para-hydroxylation sites is 1. The van der Waals surface area contributed by atoms with Crippen LogP contribution in [0.25, 0.3) is 10.9 Å². The Balaban J connectivity index is 2.16. The molecule has 1 aromatic carbocycles. The molecular formula is C15H17NO3. The quantitative estimate of drug-likeness (QED) is 0.865. The standard InChI is InChI=1S/C15H17NO3/c1-2-3-8-14(15(17)18)19-12-9-11-6-4-5-7-13(11)16-10-12/h4-7,9-10,14H,2-3,8H2,1H3,(H,17,18). The number of nitrogens with zero attached hydrogens (tertiary/aromatic N) is 1. The van der Waals surface area contributed by atoms with Crippen molar-refractivity contribution in [2.45, 2.75) is 32.3 Å². The number of aromatic nitrogens is 1. The van der Waals surface area contributed by atoms with Crippen LogP contribution in [0.5, 0.6) is 5.75 Å². The van der Waals surface area contributed by atoms with Gasteiger partial charge in [-0.1, -0.05) is 31.5 Å². The lowest BCUT2D eigenvalue weighted by molar-refractivity contribution is -0.145. The van der Waals surface area contributed by atoms with Gasteiger partial charge in [0.2, 0.25) is 0 Å². The van der Waals surface area contributed by atoms with Crippen LogP contribution in [-0.4, -0.2) is 22.2 Å². The van der Waals surface area contributed by atoms with Gasteiger partial charge in [-0.15, -0.1) is 0 Å². The first-order valence-corrected chi connectivity index (χ1v) is 6.45. The monoisotopic (exact) mass is 259 g/mol. The number of carboxylic acid groups (broad SMARTS) is 1. The molecule has 2 rings (SSSR count). The van der Waals surface area contributed by atoms with E-state index in [1.807, 2.05) is 37.3 Å².